The molecule has 4 aromatic carbocycles. The summed E-state index contributed by atoms with van der Waals surface area (Å²) in [4.78, 5) is 26.0. The number of nitrogens with one attached hydrogen (secondary N) is 2. The highest BCUT2D eigenvalue weighted by Gasteiger charge is 2.15. The van der Waals surface area contributed by atoms with Crippen molar-refractivity contribution in [1.82, 2.24) is 0 Å². The van der Waals surface area contributed by atoms with Gasteiger partial charge in [-0.25, -0.2) is 9.59 Å². The van der Waals surface area contributed by atoms with Gasteiger partial charge in [-0.3, -0.25) is 10.6 Å². The van der Waals surface area contributed by atoms with E-state index in [1.54, 1.807) is 60.7 Å². The van der Waals surface area contributed by atoms with Gasteiger partial charge >= 0.3 is 12.2 Å². The summed E-state index contributed by atoms with van der Waals surface area (Å²) in [5, 5.41) is 25.1. The van der Waals surface area contributed by atoms with Crippen LogP contribution in [0.5, 0.6) is 11.5 Å². The number of benzene rings is 4. The normalized spacial score (nSPS) is 10.3. The maximum absolute atomic E-state index is 12.2. The topological polar surface area (TPSA) is 117 Å². The smallest absolute Gasteiger partial charge is 0.411 e. The third-order valence-electron chi connectivity index (χ3n) is 5.69. The Morgan fingerprint density at radius 2 is 1.05 bits per heavy atom. The van der Waals surface area contributed by atoms with Crippen LogP contribution in [0.25, 0.3) is 22.3 Å². The SMILES string of the molecule is C=CCOC(=O)Nc1ccc(Sc2ccc(NC(=O)OCC=C)cc2-c2ccc(O)cc2)c(-c2ccc(O)cc2)c1. The van der Waals surface area contributed by atoms with Crippen molar-refractivity contribution in [1.29, 1.82) is 0 Å². The van der Waals surface area contributed by atoms with E-state index in [-0.39, 0.29) is 24.7 Å². The zero-order chi connectivity index (χ0) is 29.2. The van der Waals surface area contributed by atoms with Crippen LogP contribution in [0.4, 0.5) is 21.0 Å². The van der Waals surface area contributed by atoms with Gasteiger partial charge < -0.3 is 19.7 Å². The van der Waals surface area contributed by atoms with Gasteiger partial charge in [0.05, 0.1) is 0 Å². The second-order valence-corrected chi connectivity index (χ2v) is 9.73. The summed E-state index contributed by atoms with van der Waals surface area (Å²) in [6, 6.07) is 24.5. The maximum Gasteiger partial charge on any atom is 0.411 e. The number of ether oxygens (including phenoxy) is 2. The van der Waals surface area contributed by atoms with E-state index in [2.05, 4.69) is 23.8 Å². The highest BCUT2D eigenvalue weighted by atomic mass is 32.2. The molecule has 0 aliphatic heterocycles. The molecule has 4 N–H and O–H groups in total. The van der Waals surface area contributed by atoms with Crippen LogP contribution in [-0.2, 0) is 9.47 Å². The highest BCUT2D eigenvalue weighted by molar-refractivity contribution is 7.99. The number of phenols is 2. The molecule has 4 rings (SSSR count). The van der Waals surface area contributed by atoms with Gasteiger partial charge in [-0.05, 0) is 82.9 Å². The number of anilines is 2. The van der Waals surface area contributed by atoms with Gasteiger partial charge in [0.25, 0.3) is 0 Å². The molecule has 0 heterocycles. The van der Waals surface area contributed by atoms with Gasteiger partial charge in [-0.1, -0.05) is 61.3 Å². The van der Waals surface area contributed by atoms with E-state index in [0.717, 1.165) is 32.0 Å². The maximum atomic E-state index is 12.2. The van der Waals surface area contributed by atoms with Crippen LogP contribution < -0.4 is 10.6 Å². The Hall–Kier alpha value is -5.15. The van der Waals surface area contributed by atoms with Gasteiger partial charge in [0.2, 0.25) is 0 Å². The first-order chi connectivity index (χ1) is 19.9. The number of amides is 2. The van der Waals surface area contributed by atoms with Crippen LogP contribution in [-0.4, -0.2) is 35.6 Å². The molecule has 0 fully saturated rings. The first-order valence-corrected chi connectivity index (χ1v) is 13.3. The van der Waals surface area contributed by atoms with E-state index in [1.165, 1.54) is 23.9 Å². The average molecular weight is 569 g/mol. The Bertz CT molecular complexity index is 1430. The second kappa shape index (κ2) is 13.8. The molecule has 0 aliphatic rings. The molecule has 0 aliphatic carbocycles. The summed E-state index contributed by atoms with van der Waals surface area (Å²) in [7, 11) is 0. The van der Waals surface area contributed by atoms with E-state index < -0.39 is 12.2 Å². The molecular formula is C32H28N2O6S. The minimum Gasteiger partial charge on any atom is -0.508 e. The standard InChI is InChI=1S/C32H28N2O6S/c1-3-17-39-31(37)33-23-9-15-29(27(19-23)21-5-11-25(35)12-6-21)41-30-16-10-24(34-32(38)40-18-4-2)20-28(30)22-7-13-26(36)14-8-22/h3-16,19-20,35-36H,1-2,17-18H2,(H,33,37)(H,34,38). The summed E-state index contributed by atoms with van der Waals surface area (Å²) < 4.78 is 10.1. The van der Waals surface area contributed by atoms with Crippen molar-refractivity contribution in [2.45, 2.75) is 9.79 Å². The number of hydrogen-bond acceptors (Lipinski definition) is 7. The van der Waals surface area contributed by atoms with Gasteiger partial charge in [-0.15, -0.1) is 0 Å². The fourth-order valence-corrected chi connectivity index (χ4v) is 4.90. The van der Waals surface area contributed by atoms with Crippen molar-refractivity contribution in [2.24, 2.45) is 0 Å². The molecule has 4 aromatic rings. The average Bonchev–Trinajstić information content (AvgIpc) is 2.97. The summed E-state index contributed by atoms with van der Waals surface area (Å²) in [5.74, 6) is 0.268. The fourth-order valence-electron chi connectivity index (χ4n) is 3.82. The molecule has 41 heavy (non-hydrogen) atoms. The van der Waals surface area contributed by atoms with Crippen molar-refractivity contribution >= 4 is 35.3 Å². The monoisotopic (exact) mass is 568 g/mol. The van der Waals surface area contributed by atoms with Crippen molar-refractivity contribution < 1.29 is 29.3 Å². The van der Waals surface area contributed by atoms with Crippen LogP contribution in [0, 0.1) is 0 Å². The molecule has 0 unspecified atom stereocenters. The molecule has 208 valence electrons. The van der Waals surface area contributed by atoms with Crippen LogP contribution in [0.2, 0.25) is 0 Å². The summed E-state index contributed by atoms with van der Waals surface area (Å²) in [6.45, 7) is 7.26. The van der Waals surface area contributed by atoms with Crippen LogP contribution in [0.3, 0.4) is 0 Å². The Kier molecular flexibility index (Phi) is 9.69. The van der Waals surface area contributed by atoms with Crippen LogP contribution >= 0.6 is 11.8 Å². The van der Waals surface area contributed by atoms with Gasteiger partial charge in [0.15, 0.2) is 0 Å². The molecule has 8 nitrogen and oxygen atoms in total. The van der Waals surface area contributed by atoms with E-state index >= 15 is 0 Å². The Morgan fingerprint density at radius 3 is 1.41 bits per heavy atom. The predicted octanol–water partition coefficient (Wildman–Crippen LogP) is 8.05. The molecule has 2 amide bonds. The molecule has 0 atom stereocenters. The number of carbonyl (C=O) groups is 2. The van der Waals surface area contributed by atoms with E-state index in [4.69, 9.17) is 9.47 Å². The van der Waals surface area contributed by atoms with Crippen molar-refractivity contribution in [3.05, 3.63) is 110 Å². The Labute approximate surface area is 242 Å². The Morgan fingerprint density at radius 1 is 0.659 bits per heavy atom. The third-order valence-corrected chi connectivity index (χ3v) is 6.84. The fraction of sp³-hybridized carbons (Fsp3) is 0.0625. The third kappa shape index (κ3) is 7.93. The zero-order valence-electron chi connectivity index (χ0n) is 22.0. The predicted molar refractivity (Wildman–Crippen MR) is 162 cm³/mol. The largest absolute Gasteiger partial charge is 0.508 e. The quantitative estimate of drug-likeness (QED) is 0.143. The number of rotatable bonds is 10. The lowest BCUT2D eigenvalue weighted by Gasteiger charge is -2.16. The minimum atomic E-state index is -0.605. The van der Waals surface area contributed by atoms with Crippen molar-refractivity contribution in [2.75, 3.05) is 23.8 Å². The van der Waals surface area contributed by atoms with Gasteiger partial charge in [0.1, 0.15) is 24.7 Å². The molecule has 0 spiro atoms. The number of hydrogen-bond donors (Lipinski definition) is 4. The second-order valence-electron chi connectivity index (χ2n) is 8.64. The summed E-state index contributed by atoms with van der Waals surface area (Å²) in [5.41, 5.74) is 4.32. The minimum absolute atomic E-state index is 0.0848. The van der Waals surface area contributed by atoms with E-state index in [1.807, 2.05) is 24.3 Å². The first kappa shape index (κ1) is 28.8. The number of phenolic OH excluding ortho intramolecular Hbond substituents is 2. The van der Waals surface area contributed by atoms with Crippen LogP contribution in [0.15, 0.2) is 120 Å². The lowest BCUT2D eigenvalue weighted by Crippen LogP contribution is -2.13. The van der Waals surface area contributed by atoms with E-state index in [0.29, 0.717) is 11.4 Å². The van der Waals surface area contributed by atoms with Gasteiger partial charge in [-0.2, -0.15) is 0 Å². The lowest BCUT2D eigenvalue weighted by atomic mass is 10.0. The molecule has 0 bridgehead atoms. The number of aromatic hydroxyl groups is 2. The Balaban J connectivity index is 1.73. The van der Waals surface area contributed by atoms with Crippen LogP contribution in [0.1, 0.15) is 0 Å². The zero-order valence-corrected chi connectivity index (χ0v) is 22.8. The molecule has 0 aromatic heterocycles. The summed E-state index contributed by atoms with van der Waals surface area (Å²) >= 11 is 1.48. The highest BCUT2D eigenvalue weighted by Crippen LogP contribution is 2.43. The molecule has 9 heteroatoms. The van der Waals surface area contributed by atoms with Crippen molar-refractivity contribution in [3.63, 3.8) is 0 Å². The van der Waals surface area contributed by atoms with E-state index in [9.17, 15) is 19.8 Å². The van der Waals surface area contributed by atoms with Crippen molar-refractivity contribution in [3.8, 4) is 33.8 Å². The van der Waals surface area contributed by atoms with Gasteiger partial charge in [0, 0.05) is 21.2 Å². The lowest BCUT2D eigenvalue weighted by molar-refractivity contribution is 0.173. The molecular weight excluding hydrogens is 540 g/mol. The first-order valence-electron chi connectivity index (χ1n) is 12.5. The molecule has 0 saturated carbocycles. The molecule has 0 saturated heterocycles. The number of carbonyl (C=O) groups excluding carboxylic acids is 2. The molecule has 0 radical (unpaired) electrons. The summed E-state index contributed by atoms with van der Waals surface area (Å²) in [6.07, 6.45) is 1.76.